The van der Waals surface area contributed by atoms with Crippen molar-refractivity contribution in [2.24, 2.45) is 0 Å². The van der Waals surface area contributed by atoms with Gasteiger partial charge in [-0.15, -0.1) is 0 Å². The van der Waals surface area contributed by atoms with Gasteiger partial charge in [0.05, 0.1) is 0 Å². The smallest absolute Gasteiger partial charge is 0.296 e. The molecule has 1 aliphatic heterocycles. The van der Waals surface area contributed by atoms with Gasteiger partial charge in [-0.05, 0) is 55.3 Å². The van der Waals surface area contributed by atoms with Crippen molar-refractivity contribution in [1.29, 1.82) is 0 Å². The van der Waals surface area contributed by atoms with Crippen LogP contribution in [0.25, 0.3) is 16.6 Å². The molecule has 5 rings (SSSR count). The molecule has 2 aromatic heterocycles. The molecule has 1 aliphatic rings. The highest BCUT2D eigenvalue weighted by Gasteiger charge is 2.31. The predicted octanol–water partition coefficient (Wildman–Crippen LogP) is 5.41. The van der Waals surface area contributed by atoms with Crippen LogP contribution in [0.1, 0.15) is 21.6 Å². The van der Waals surface area contributed by atoms with Gasteiger partial charge in [-0.1, -0.05) is 53.6 Å². The van der Waals surface area contributed by atoms with E-state index in [0.717, 1.165) is 33.5 Å². The summed E-state index contributed by atoms with van der Waals surface area (Å²) in [5.74, 6) is -0.936. The lowest BCUT2D eigenvalue weighted by Gasteiger charge is -2.36. The van der Waals surface area contributed by atoms with Gasteiger partial charge in [0.2, 0.25) is 0 Å². The third-order valence-corrected chi connectivity index (χ3v) is 6.77. The van der Waals surface area contributed by atoms with Crippen molar-refractivity contribution in [3.63, 3.8) is 0 Å². The van der Waals surface area contributed by atoms with E-state index in [-0.39, 0.29) is 0 Å². The average molecular weight is 472 g/mol. The van der Waals surface area contributed by atoms with Gasteiger partial charge in [-0.2, -0.15) is 0 Å². The van der Waals surface area contributed by atoms with Crippen molar-refractivity contribution in [3.05, 3.63) is 94.8 Å². The Kier molecular flexibility index (Phi) is 5.88. The number of carbonyl (C=O) groups excluding carboxylic acids is 2. The summed E-state index contributed by atoms with van der Waals surface area (Å²) in [4.78, 5) is 30.8. The lowest BCUT2D eigenvalue weighted by atomic mass is 10.0. The molecule has 0 N–H and O–H groups in total. The number of ketones is 1. The Labute approximate surface area is 204 Å². The number of amides is 1. The summed E-state index contributed by atoms with van der Waals surface area (Å²) in [5.41, 5.74) is 6.36. The summed E-state index contributed by atoms with van der Waals surface area (Å²) in [6.07, 6.45) is 1.84. The molecule has 0 aliphatic carbocycles. The Morgan fingerprint density at radius 1 is 0.853 bits per heavy atom. The first-order valence-electron chi connectivity index (χ1n) is 11.4. The van der Waals surface area contributed by atoms with E-state index in [1.165, 1.54) is 0 Å². The van der Waals surface area contributed by atoms with Crippen LogP contribution in [0.3, 0.4) is 0 Å². The largest absolute Gasteiger partial charge is 0.368 e. The van der Waals surface area contributed by atoms with Crippen LogP contribution in [0.2, 0.25) is 5.02 Å². The minimum absolute atomic E-state index is 0.414. The standard InChI is InChI=1S/C28H26ClN3O2/c1-19-6-9-21(10-7-19)24-18-23-5-3-4-12-32(23)26(24)27(33)28(34)31-15-13-30(14-16-31)25-17-22(29)11-8-20(25)2/h3-12,17-18H,13-16H2,1-2H3. The number of halogens is 1. The van der Waals surface area contributed by atoms with Gasteiger partial charge < -0.3 is 14.2 Å². The number of aromatic nitrogens is 1. The molecule has 1 amide bonds. The topological polar surface area (TPSA) is 45.0 Å². The minimum atomic E-state index is -0.478. The van der Waals surface area contributed by atoms with Gasteiger partial charge in [0, 0.05) is 54.2 Å². The van der Waals surface area contributed by atoms with Crippen LogP contribution in [0.15, 0.2) is 72.9 Å². The second kappa shape index (κ2) is 8.99. The molecule has 0 atom stereocenters. The second-order valence-corrected chi connectivity index (χ2v) is 9.24. The number of benzene rings is 2. The first-order chi connectivity index (χ1) is 16.4. The number of pyridine rings is 1. The van der Waals surface area contributed by atoms with Crippen LogP contribution in [-0.4, -0.2) is 47.2 Å². The van der Waals surface area contributed by atoms with Crippen LogP contribution < -0.4 is 4.90 Å². The highest BCUT2D eigenvalue weighted by Crippen LogP contribution is 2.30. The quantitative estimate of drug-likeness (QED) is 0.295. The summed E-state index contributed by atoms with van der Waals surface area (Å²) in [7, 11) is 0. The van der Waals surface area contributed by atoms with E-state index in [0.29, 0.717) is 36.9 Å². The van der Waals surface area contributed by atoms with Crippen molar-refractivity contribution in [2.75, 3.05) is 31.1 Å². The van der Waals surface area contributed by atoms with Crippen molar-refractivity contribution >= 4 is 34.5 Å². The zero-order valence-corrected chi connectivity index (χ0v) is 20.0. The van der Waals surface area contributed by atoms with Crippen LogP contribution in [-0.2, 0) is 4.79 Å². The molecule has 0 bridgehead atoms. The fourth-order valence-electron chi connectivity index (χ4n) is 4.63. The molecular formula is C28H26ClN3O2. The lowest BCUT2D eigenvalue weighted by molar-refractivity contribution is -0.126. The van der Waals surface area contributed by atoms with Crippen LogP contribution in [0, 0.1) is 13.8 Å². The van der Waals surface area contributed by atoms with E-state index in [1.54, 1.807) is 4.90 Å². The predicted molar refractivity (Wildman–Crippen MR) is 137 cm³/mol. The number of nitrogens with zero attached hydrogens (tertiary/aromatic N) is 3. The number of Topliss-reactive ketones (excluding diaryl/α,β-unsaturated/α-hetero) is 1. The average Bonchev–Trinajstić information content (AvgIpc) is 3.25. The molecule has 172 valence electrons. The molecule has 5 nitrogen and oxygen atoms in total. The third-order valence-electron chi connectivity index (χ3n) is 6.53. The number of anilines is 1. The van der Waals surface area contributed by atoms with Gasteiger partial charge in [-0.3, -0.25) is 9.59 Å². The highest BCUT2D eigenvalue weighted by atomic mass is 35.5. The zero-order chi connectivity index (χ0) is 23.8. The SMILES string of the molecule is Cc1ccc(-c2cc3ccccn3c2C(=O)C(=O)N2CCN(c3cc(Cl)ccc3C)CC2)cc1. The minimum Gasteiger partial charge on any atom is -0.368 e. The fourth-order valence-corrected chi connectivity index (χ4v) is 4.79. The maximum atomic E-state index is 13.6. The molecule has 0 spiro atoms. The monoisotopic (exact) mass is 471 g/mol. The maximum Gasteiger partial charge on any atom is 0.296 e. The summed E-state index contributed by atoms with van der Waals surface area (Å²) in [6, 6.07) is 21.6. The fraction of sp³-hybridized carbons (Fsp3) is 0.214. The summed E-state index contributed by atoms with van der Waals surface area (Å²) >= 11 is 6.20. The molecule has 0 radical (unpaired) electrons. The van der Waals surface area contributed by atoms with E-state index in [2.05, 4.69) is 11.8 Å². The molecule has 6 heteroatoms. The summed E-state index contributed by atoms with van der Waals surface area (Å²) in [6.45, 7) is 6.36. The Bertz CT molecular complexity index is 1380. The Hall–Kier alpha value is -3.57. The normalized spacial score (nSPS) is 14.0. The molecule has 2 aromatic carbocycles. The van der Waals surface area contributed by atoms with Crippen LogP contribution in [0.4, 0.5) is 5.69 Å². The summed E-state index contributed by atoms with van der Waals surface area (Å²) in [5, 5.41) is 0.693. The maximum absolute atomic E-state index is 13.6. The Morgan fingerprint density at radius 3 is 2.32 bits per heavy atom. The number of hydrogen-bond donors (Lipinski definition) is 0. The van der Waals surface area contributed by atoms with E-state index in [9.17, 15) is 9.59 Å². The van der Waals surface area contributed by atoms with Gasteiger partial charge in [0.1, 0.15) is 5.69 Å². The van der Waals surface area contributed by atoms with Crippen molar-refractivity contribution in [1.82, 2.24) is 9.30 Å². The zero-order valence-electron chi connectivity index (χ0n) is 19.3. The Morgan fingerprint density at radius 2 is 1.59 bits per heavy atom. The first kappa shape index (κ1) is 22.2. The first-order valence-corrected chi connectivity index (χ1v) is 11.8. The number of carbonyl (C=O) groups is 2. The molecule has 1 fully saturated rings. The lowest BCUT2D eigenvalue weighted by Crippen LogP contribution is -2.51. The second-order valence-electron chi connectivity index (χ2n) is 8.81. The van der Waals surface area contributed by atoms with E-state index >= 15 is 0 Å². The molecule has 1 saturated heterocycles. The number of aryl methyl sites for hydroxylation is 2. The molecular weight excluding hydrogens is 446 g/mol. The van der Waals surface area contributed by atoms with Crippen molar-refractivity contribution < 1.29 is 9.59 Å². The van der Waals surface area contributed by atoms with Gasteiger partial charge in [0.15, 0.2) is 0 Å². The molecule has 0 saturated carbocycles. The number of rotatable bonds is 4. The summed E-state index contributed by atoms with van der Waals surface area (Å²) < 4.78 is 1.82. The number of fused-ring (bicyclic) bond motifs is 1. The van der Waals surface area contributed by atoms with Crippen LogP contribution >= 0.6 is 11.6 Å². The van der Waals surface area contributed by atoms with Crippen LogP contribution in [0.5, 0.6) is 0 Å². The van der Waals surface area contributed by atoms with E-state index in [4.69, 9.17) is 11.6 Å². The van der Waals surface area contributed by atoms with E-state index in [1.807, 2.05) is 84.3 Å². The van der Waals surface area contributed by atoms with Gasteiger partial charge >= 0.3 is 0 Å². The number of piperazine rings is 1. The van der Waals surface area contributed by atoms with Crippen molar-refractivity contribution in [2.45, 2.75) is 13.8 Å². The third kappa shape index (κ3) is 4.08. The van der Waals surface area contributed by atoms with Gasteiger partial charge in [-0.25, -0.2) is 0 Å². The highest BCUT2D eigenvalue weighted by molar-refractivity contribution is 6.43. The molecule has 34 heavy (non-hydrogen) atoms. The molecule has 0 unspecified atom stereocenters. The Balaban J connectivity index is 1.41. The number of hydrogen-bond acceptors (Lipinski definition) is 3. The molecule has 4 aromatic rings. The van der Waals surface area contributed by atoms with Crippen molar-refractivity contribution in [3.8, 4) is 11.1 Å². The van der Waals surface area contributed by atoms with E-state index < -0.39 is 11.7 Å². The van der Waals surface area contributed by atoms with Gasteiger partial charge in [0.25, 0.3) is 11.7 Å². The molecule has 3 heterocycles.